The van der Waals surface area contributed by atoms with E-state index in [9.17, 15) is 0 Å². The second-order valence-electron chi connectivity index (χ2n) is 6.19. The molecule has 0 saturated heterocycles. The average molecular weight is 372 g/mol. The third-order valence-electron chi connectivity index (χ3n) is 4.48. The van der Waals surface area contributed by atoms with E-state index in [4.69, 9.17) is 23.8 Å². The van der Waals surface area contributed by atoms with Gasteiger partial charge in [0, 0.05) is 40.4 Å². The Balaban J connectivity index is 1.83. The second kappa shape index (κ2) is 7.89. The summed E-state index contributed by atoms with van der Waals surface area (Å²) in [6, 6.07) is 16.3. The first-order valence-electron chi connectivity index (χ1n) is 8.46. The average Bonchev–Trinajstić information content (AvgIpc) is 3.02. The highest BCUT2D eigenvalue weighted by Crippen LogP contribution is 2.22. The number of para-hydroxylation sites is 1. The summed E-state index contributed by atoms with van der Waals surface area (Å²) in [4.78, 5) is 5.57. The van der Waals surface area contributed by atoms with Crippen molar-refractivity contribution < 1.29 is 0 Å². The van der Waals surface area contributed by atoms with Gasteiger partial charge in [0.05, 0.1) is 0 Å². The number of rotatable bonds is 5. The van der Waals surface area contributed by atoms with Crippen molar-refractivity contribution in [3.63, 3.8) is 0 Å². The van der Waals surface area contributed by atoms with Gasteiger partial charge in [0.2, 0.25) is 0 Å². The Labute approximate surface area is 159 Å². The van der Waals surface area contributed by atoms with Gasteiger partial charge < -0.3 is 15.2 Å². The number of fused-ring (bicyclic) bond motifs is 1. The molecule has 0 unspecified atom stereocenters. The van der Waals surface area contributed by atoms with Gasteiger partial charge in [-0.3, -0.25) is 0 Å². The number of anilines is 1. The maximum atomic E-state index is 6.08. The standard InChI is InChI=1S/C20H22ClN3S/c1-3-14(2)24(20(25)23-17-8-6-7-16(21)11-17)13-15-12-22-19-10-5-4-9-18(15)19/h4-12,14,22H,3,13H2,1-2H3,(H,23,25)/t14-/m0/s1. The zero-order valence-electron chi connectivity index (χ0n) is 14.4. The number of aromatic amines is 1. The van der Waals surface area contributed by atoms with E-state index in [0.717, 1.165) is 24.2 Å². The predicted molar refractivity (Wildman–Crippen MR) is 111 cm³/mol. The first kappa shape index (κ1) is 17.8. The molecule has 0 radical (unpaired) electrons. The third kappa shape index (κ3) is 4.14. The number of halogens is 1. The second-order valence-corrected chi connectivity index (χ2v) is 7.01. The number of H-pyrrole nitrogens is 1. The van der Waals surface area contributed by atoms with E-state index in [1.807, 2.05) is 30.3 Å². The Kier molecular flexibility index (Phi) is 5.61. The molecule has 0 aliphatic carbocycles. The molecule has 0 bridgehead atoms. The van der Waals surface area contributed by atoms with Crippen LogP contribution in [0.4, 0.5) is 5.69 Å². The number of benzene rings is 2. The van der Waals surface area contributed by atoms with Crippen LogP contribution in [0.1, 0.15) is 25.8 Å². The van der Waals surface area contributed by atoms with Crippen LogP contribution in [-0.4, -0.2) is 21.0 Å². The van der Waals surface area contributed by atoms with Crippen molar-refractivity contribution in [1.29, 1.82) is 0 Å². The summed E-state index contributed by atoms with van der Waals surface area (Å²) in [5, 5.41) is 5.96. The lowest BCUT2D eigenvalue weighted by atomic mass is 10.1. The van der Waals surface area contributed by atoms with E-state index in [-0.39, 0.29) is 0 Å². The normalized spacial score (nSPS) is 12.1. The highest BCUT2D eigenvalue weighted by atomic mass is 35.5. The molecular formula is C20H22ClN3S. The zero-order chi connectivity index (χ0) is 17.8. The van der Waals surface area contributed by atoms with E-state index >= 15 is 0 Å². The molecule has 1 atom stereocenters. The van der Waals surface area contributed by atoms with E-state index in [0.29, 0.717) is 16.2 Å². The Morgan fingerprint density at radius 1 is 1.24 bits per heavy atom. The Bertz CT molecular complexity index is 874. The lowest BCUT2D eigenvalue weighted by Gasteiger charge is -2.31. The molecule has 1 heterocycles. The monoisotopic (exact) mass is 371 g/mol. The third-order valence-corrected chi connectivity index (χ3v) is 5.05. The Hall–Kier alpha value is -2.04. The van der Waals surface area contributed by atoms with E-state index in [1.165, 1.54) is 10.9 Å². The van der Waals surface area contributed by atoms with Crippen molar-refractivity contribution in [2.75, 3.05) is 5.32 Å². The van der Waals surface area contributed by atoms with Gasteiger partial charge in [-0.05, 0) is 55.4 Å². The summed E-state index contributed by atoms with van der Waals surface area (Å²) < 4.78 is 0. The summed E-state index contributed by atoms with van der Waals surface area (Å²) in [5.74, 6) is 0. The van der Waals surface area contributed by atoms with Crippen molar-refractivity contribution in [3.8, 4) is 0 Å². The van der Waals surface area contributed by atoms with Gasteiger partial charge in [0.25, 0.3) is 0 Å². The molecule has 0 spiro atoms. The molecule has 0 saturated carbocycles. The summed E-state index contributed by atoms with van der Waals surface area (Å²) in [5.41, 5.74) is 3.30. The molecule has 2 N–H and O–H groups in total. The minimum absolute atomic E-state index is 0.327. The van der Waals surface area contributed by atoms with Crippen LogP contribution in [0.5, 0.6) is 0 Å². The molecule has 0 aliphatic rings. The van der Waals surface area contributed by atoms with Crippen molar-refractivity contribution in [2.24, 2.45) is 0 Å². The van der Waals surface area contributed by atoms with Crippen LogP contribution in [0.25, 0.3) is 10.9 Å². The van der Waals surface area contributed by atoms with Crippen molar-refractivity contribution in [1.82, 2.24) is 9.88 Å². The molecule has 0 aliphatic heterocycles. The van der Waals surface area contributed by atoms with Gasteiger partial charge in [0.15, 0.2) is 5.11 Å². The molecule has 3 nitrogen and oxygen atoms in total. The summed E-state index contributed by atoms with van der Waals surface area (Å²) in [6.07, 6.45) is 3.09. The molecule has 3 aromatic rings. The number of nitrogens with one attached hydrogen (secondary N) is 2. The fraction of sp³-hybridized carbons (Fsp3) is 0.250. The number of hydrogen-bond acceptors (Lipinski definition) is 1. The molecule has 25 heavy (non-hydrogen) atoms. The largest absolute Gasteiger partial charge is 0.361 e. The summed E-state index contributed by atoms with van der Waals surface area (Å²) >= 11 is 11.8. The first-order chi connectivity index (χ1) is 12.1. The van der Waals surface area contributed by atoms with Gasteiger partial charge in [-0.2, -0.15) is 0 Å². The minimum Gasteiger partial charge on any atom is -0.361 e. The molecule has 0 amide bonds. The molecule has 2 aromatic carbocycles. The summed E-state index contributed by atoms with van der Waals surface area (Å²) in [7, 11) is 0. The number of thiocarbonyl (C=S) groups is 1. The lowest BCUT2D eigenvalue weighted by Crippen LogP contribution is -2.40. The quantitative estimate of drug-likeness (QED) is 0.554. The van der Waals surface area contributed by atoms with Crippen LogP contribution in [-0.2, 0) is 6.54 Å². The van der Waals surface area contributed by atoms with Crippen LogP contribution >= 0.6 is 23.8 Å². The van der Waals surface area contributed by atoms with Gasteiger partial charge in [-0.15, -0.1) is 0 Å². The zero-order valence-corrected chi connectivity index (χ0v) is 16.0. The van der Waals surface area contributed by atoms with Gasteiger partial charge in [-0.25, -0.2) is 0 Å². The fourth-order valence-corrected chi connectivity index (χ4v) is 3.41. The summed E-state index contributed by atoms with van der Waals surface area (Å²) in [6.45, 7) is 5.13. The maximum absolute atomic E-state index is 6.08. The first-order valence-corrected chi connectivity index (χ1v) is 9.25. The van der Waals surface area contributed by atoms with Crippen LogP contribution < -0.4 is 5.32 Å². The van der Waals surface area contributed by atoms with Crippen LogP contribution in [0.3, 0.4) is 0 Å². The molecule has 0 fully saturated rings. The van der Waals surface area contributed by atoms with Gasteiger partial charge in [-0.1, -0.05) is 42.8 Å². The topological polar surface area (TPSA) is 31.1 Å². The van der Waals surface area contributed by atoms with Crippen LogP contribution in [0.15, 0.2) is 54.7 Å². The fourth-order valence-electron chi connectivity index (χ4n) is 2.86. The van der Waals surface area contributed by atoms with Crippen LogP contribution in [0.2, 0.25) is 5.02 Å². The number of nitrogens with zero attached hydrogens (tertiary/aromatic N) is 1. The predicted octanol–water partition coefficient (Wildman–Crippen LogP) is 5.82. The van der Waals surface area contributed by atoms with E-state index in [2.05, 4.69) is 53.4 Å². The van der Waals surface area contributed by atoms with Crippen molar-refractivity contribution in [2.45, 2.75) is 32.9 Å². The SMILES string of the molecule is CC[C@H](C)N(Cc1c[nH]c2ccccc12)C(=S)Nc1cccc(Cl)c1. The van der Waals surface area contributed by atoms with E-state index in [1.54, 1.807) is 0 Å². The highest BCUT2D eigenvalue weighted by molar-refractivity contribution is 7.80. The molecule has 5 heteroatoms. The van der Waals surface area contributed by atoms with Crippen molar-refractivity contribution in [3.05, 3.63) is 65.3 Å². The highest BCUT2D eigenvalue weighted by Gasteiger charge is 2.18. The number of hydrogen-bond donors (Lipinski definition) is 2. The molecule has 1 aromatic heterocycles. The van der Waals surface area contributed by atoms with Crippen molar-refractivity contribution >= 4 is 45.5 Å². The van der Waals surface area contributed by atoms with Gasteiger partial charge >= 0.3 is 0 Å². The smallest absolute Gasteiger partial charge is 0.173 e. The molecular weight excluding hydrogens is 350 g/mol. The van der Waals surface area contributed by atoms with Crippen LogP contribution in [0, 0.1) is 0 Å². The lowest BCUT2D eigenvalue weighted by molar-refractivity contribution is 0.321. The van der Waals surface area contributed by atoms with Gasteiger partial charge in [0.1, 0.15) is 0 Å². The molecule has 130 valence electrons. The Morgan fingerprint density at radius 2 is 2.04 bits per heavy atom. The number of aromatic nitrogens is 1. The molecule has 3 rings (SSSR count). The Morgan fingerprint density at radius 3 is 2.80 bits per heavy atom. The minimum atomic E-state index is 0.327. The van der Waals surface area contributed by atoms with E-state index < -0.39 is 0 Å². The maximum Gasteiger partial charge on any atom is 0.173 e.